The van der Waals surface area contributed by atoms with Crippen molar-refractivity contribution in [2.24, 2.45) is 11.8 Å². The lowest BCUT2D eigenvalue weighted by Gasteiger charge is -2.31. The van der Waals surface area contributed by atoms with Crippen LogP contribution in [0.25, 0.3) is 0 Å². The molecule has 3 rings (SSSR count). The zero-order valence-electron chi connectivity index (χ0n) is 11.9. The summed E-state index contributed by atoms with van der Waals surface area (Å²) in [5.41, 5.74) is 2.36. The van der Waals surface area contributed by atoms with Gasteiger partial charge in [0.2, 0.25) is 0 Å². The number of hydrogen-bond donors (Lipinski definition) is 1. The molecule has 0 saturated heterocycles. The first-order valence-electron chi connectivity index (χ1n) is 7.59. The largest absolute Gasteiger partial charge is 0.490 e. The first kappa shape index (κ1) is 13.0. The summed E-state index contributed by atoms with van der Waals surface area (Å²) in [7, 11) is 0. The second-order valence-corrected chi connectivity index (χ2v) is 6.57. The minimum atomic E-state index is -0.265. The number of aliphatic hydroxyl groups excluding tert-OH is 1. The van der Waals surface area contributed by atoms with Crippen LogP contribution in [0.3, 0.4) is 0 Å². The average Bonchev–Trinajstić information content (AvgIpc) is 2.69. The van der Waals surface area contributed by atoms with E-state index in [0.717, 1.165) is 36.0 Å². The van der Waals surface area contributed by atoms with Crippen molar-refractivity contribution >= 4 is 0 Å². The molecule has 0 aromatic heterocycles. The van der Waals surface area contributed by atoms with E-state index in [9.17, 15) is 5.11 Å². The Kier molecular flexibility index (Phi) is 3.53. The van der Waals surface area contributed by atoms with Crippen LogP contribution in [0.4, 0.5) is 0 Å². The number of fused-ring (bicyclic) bond motifs is 1. The van der Waals surface area contributed by atoms with Crippen molar-refractivity contribution in [2.75, 3.05) is 0 Å². The number of ether oxygens (including phenoxy) is 1. The normalized spacial score (nSPS) is 34.1. The van der Waals surface area contributed by atoms with Crippen LogP contribution in [-0.2, 0) is 6.42 Å². The highest BCUT2D eigenvalue weighted by Crippen LogP contribution is 2.35. The Labute approximate surface area is 115 Å². The standard InChI is InChI=1S/C17H24O2/c1-11-7-12(2)9-15(8-11)19-14-4-5-16-13(10-14)3-6-17(16)18/h4-5,10-12,15,17-18H,3,6-9H2,1-2H3/t11?,12?,15?,17-/m0/s1. The fraction of sp³-hybridized carbons (Fsp3) is 0.647. The fourth-order valence-corrected chi connectivity index (χ4v) is 3.81. The van der Waals surface area contributed by atoms with Gasteiger partial charge >= 0.3 is 0 Å². The maximum absolute atomic E-state index is 9.82. The van der Waals surface area contributed by atoms with Crippen LogP contribution in [0, 0.1) is 11.8 Å². The topological polar surface area (TPSA) is 29.5 Å². The Balaban J connectivity index is 1.70. The van der Waals surface area contributed by atoms with E-state index in [1.54, 1.807) is 0 Å². The van der Waals surface area contributed by atoms with Crippen LogP contribution in [0.2, 0.25) is 0 Å². The van der Waals surface area contributed by atoms with Gasteiger partial charge in [0.15, 0.2) is 0 Å². The summed E-state index contributed by atoms with van der Waals surface area (Å²) >= 11 is 0. The number of hydrogen-bond acceptors (Lipinski definition) is 2. The van der Waals surface area contributed by atoms with Gasteiger partial charge in [0.1, 0.15) is 5.75 Å². The molecule has 0 radical (unpaired) electrons. The lowest BCUT2D eigenvalue weighted by Crippen LogP contribution is -2.28. The molecule has 0 heterocycles. The number of aryl methyl sites for hydroxylation is 1. The third-order valence-electron chi connectivity index (χ3n) is 4.60. The van der Waals surface area contributed by atoms with Gasteiger partial charge in [-0.15, -0.1) is 0 Å². The van der Waals surface area contributed by atoms with Gasteiger partial charge in [-0.25, -0.2) is 0 Å². The van der Waals surface area contributed by atoms with Gasteiger partial charge in [-0.2, -0.15) is 0 Å². The highest BCUT2D eigenvalue weighted by molar-refractivity contribution is 5.39. The van der Waals surface area contributed by atoms with Gasteiger partial charge in [-0.3, -0.25) is 0 Å². The van der Waals surface area contributed by atoms with Gasteiger partial charge in [-0.05, 0) is 67.2 Å². The summed E-state index contributed by atoms with van der Waals surface area (Å²) < 4.78 is 6.17. The lowest BCUT2D eigenvalue weighted by atomic mass is 9.82. The molecule has 0 bridgehead atoms. The third kappa shape index (κ3) is 2.79. The van der Waals surface area contributed by atoms with Crippen LogP contribution in [0.15, 0.2) is 18.2 Å². The van der Waals surface area contributed by atoms with Crippen LogP contribution in [0.1, 0.15) is 56.8 Å². The minimum absolute atomic E-state index is 0.265. The van der Waals surface area contributed by atoms with Gasteiger partial charge in [0.05, 0.1) is 12.2 Å². The number of rotatable bonds is 2. The van der Waals surface area contributed by atoms with Crippen LogP contribution >= 0.6 is 0 Å². The van der Waals surface area contributed by atoms with Crippen LogP contribution < -0.4 is 4.74 Å². The molecule has 1 fully saturated rings. The van der Waals surface area contributed by atoms with E-state index in [-0.39, 0.29) is 6.10 Å². The molecule has 2 heteroatoms. The number of aliphatic hydroxyl groups is 1. The van der Waals surface area contributed by atoms with Crippen molar-refractivity contribution in [3.63, 3.8) is 0 Å². The molecule has 19 heavy (non-hydrogen) atoms. The van der Waals surface area contributed by atoms with E-state index in [1.165, 1.54) is 24.8 Å². The predicted octanol–water partition coefficient (Wildman–Crippen LogP) is 3.87. The second-order valence-electron chi connectivity index (χ2n) is 6.57. The molecule has 3 atom stereocenters. The molecule has 1 aromatic rings. The molecule has 1 N–H and O–H groups in total. The Hall–Kier alpha value is -1.02. The van der Waals surface area contributed by atoms with Gasteiger partial charge in [0.25, 0.3) is 0 Å². The molecule has 1 saturated carbocycles. The fourth-order valence-electron chi connectivity index (χ4n) is 3.81. The van der Waals surface area contributed by atoms with E-state index >= 15 is 0 Å². The molecule has 1 aromatic carbocycles. The van der Waals surface area contributed by atoms with Crippen molar-refractivity contribution in [2.45, 2.75) is 58.2 Å². The van der Waals surface area contributed by atoms with Crippen molar-refractivity contribution in [3.05, 3.63) is 29.3 Å². The van der Waals surface area contributed by atoms with Crippen LogP contribution in [-0.4, -0.2) is 11.2 Å². The maximum Gasteiger partial charge on any atom is 0.120 e. The zero-order chi connectivity index (χ0) is 13.4. The Morgan fingerprint density at radius 3 is 2.58 bits per heavy atom. The summed E-state index contributed by atoms with van der Waals surface area (Å²) in [6.07, 6.45) is 5.60. The van der Waals surface area contributed by atoms with Gasteiger partial charge in [0, 0.05) is 0 Å². The van der Waals surface area contributed by atoms with Crippen molar-refractivity contribution in [3.8, 4) is 5.75 Å². The third-order valence-corrected chi connectivity index (χ3v) is 4.60. The van der Waals surface area contributed by atoms with Gasteiger partial charge in [-0.1, -0.05) is 19.9 Å². The smallest absolute Gasteiger partial charge is 0.120 e. The van der Waals surface area contributed by atoms with E-state index < -0.39 is 0 Å². The maximum atomic E-state index is 9.82. The molecular formula is C17H24O2. The van der Waals surface area contributed by atoms with Crippen LogP contribution in [0.5, 0.6) is 5.75 Å². The number of benzene rings is 1. The molecule has 0 aliphatic heterocycles. The first-order valence-corrected chi connectivity index (χ1v) is 7.59. The quantitative estimate of drug-likeness (QED) is 0.874. The first-order chi connectivity index (χ1) is 9.11. The molecule has 2 aliphatic rings. The monoisotopic (exact) mass is 260 g/mol. The summed E-state index contributed by atoms with van der Waals surface area (Å²) in [4.78, 5) is 0. The van der Waals surface area contributed by atoms with E-state index in [0.29, 0.717) is 6.10 Å². The molecule has 2 aliphatic carbocycles. The molecule has 104 valence electrons. The van der Waals surface area contributed by atoms with E-state index in [2.05, 4.69) is 19.9 Å². The predicted molar refractivity (Wildman–Crippen MR) is 76.3 cm³/mol. The summed E-state index contributed by atoms with van der Waals surface area (Å²) in [5.74, 6) is 2.52. The minimum Gasteiger partial charge on any atom is -0.490 e. The Morgan fingerprint density at radius 1 is 1.11 bits per heavy atom. The average molecular weight is 260 g/mol. The van der Waals surface area contributed by atoms with E-state index in [4.69, 9.17) is 4.74 Å². The summed E-state index contributed by atoms with van der Waals surface area (Å²) in [5, 5.41) is 9.82. The Bertz CT molecular complexity index is 445. The molecule has 0 amide bonds. The molecule has 2 unspecified atom stereocenters. The van der Waals surface area contributed by atoms with E-state index in [1.807, 2.05) is 12.1 Å². The lowest BCUT2D eigenvalue weighted by molar-refractivity contribution is 0.101. The SMILES string of the molecule is CC1CC(C)CC(Oc2ccc3c(c2)CC[C@@H]3O)C1. The van der Waals surface area contributed by atoms with Gasteiger partial charge < -0.3 is 9.84 Å². The highest BCUT2D eigenvalue weighted by atomic mass is 16.5. The zero-order valence-corrected chi connectivity index (χ0v) is 11.9. The van der Waals surface area contributed by atoms with Crippen molar-refractivity contribution < 1.29 is 9.84 Å². The van der Waals surface area contributed by atoms with Crippen molar-refractivity contribution in [1.29, 1.82) is 0 Å². The molecule has 0 spiro atoms. The highest BCUT2D eigenvalue weighted by Gasteiger charge is 2.26. The molecular weight excluding hydrogens is 236 g/mol. The second kappa shape index (κ2) is 5.16. The summed E-state index contributed by atoms with van der Waals surface area (Å²) in [6, 6.07) is 6.20. The Morgan fingerprint density at radius 2 is 1.84 bits per heavy atom. The molecule has 2 nitrogen and oxygen atoms in total. The summed E-state index contributed by atoms with van der Waals surface area (Å²) in [6.45, 7) is 4.65. The van der Waals surface area contributed by atoms with Crippen molar-refractivity contribution in [1.82, 2.24) is 0 Å².